The van der Waals surface area contributed by atoms with Gasteiger partial charge in [-0.3, -0.25) is 0 Å². The van der Waals surface area contributed by atoms with Crippen LogP contribution in [0.2, 0.25) is 0 Å². The molecule has 0 radical (unpaired) electrons. The zero-order chi connectivity index (χ0) is 16.8. The summed E-state index contributed by atoms with van der Waals surface area (Å²) in [5, 5.41) is 10.6. The monoisotopic (exact) mass is 334 g/mol. The van der Waals surface area contributed by atoms with Crippen LogP contribution in [0.15, 0.2) is 53.6 Å². The van der Waals surface area contributed by atoms with Crippen molar-refractivity contribution in [3.05, 3.63) is 59.2 Å². The molecule has 0 heterocycles. The Balaban J connectivity index is 1.27. The second-order valence-corrected chi connectivity index (χ2v) is 9.18. The number of benzene rings is 1. The highest BCUT2D eigenvalue weighted by Crippen LogP contribution is 2.58. The van der Waals surface area contributed by atoms with Gasteiger partial charge in [0, 0.05) is 0 Å². The van der Waals surface area contributed by atoms with E-state index in [0.29, 0.717) is 0 Å². The third-order valence-electron chi connectivity index (χ3n) is 7.65. The average Bonchev–Trinajstić information content (AvgIpc) is 2.65. The molecule has 5 aliphatic carbocycles. The van der Waals surface area contributed by atoms with Crippen LogP contribution in [0.3, 0.4) is 0 Å². The summed E-state index contributed by atoms with van der Waals surface area (Å²) in [6, 6.07) is 10.1. The lowest BCUT2D eigenvalue weighted by Gasteiger charge is -2.55. The van der Waals surface area contributed by atoms with Gasteiger partial charge < -0.3 is 5.11 Å². The van der Waals surface area contributed by atoms with Crippen LogP contribution in [-0.2, 0) is 0 Å². The van der Waals surface area contributed by atoms with Crippen LogP contribution >= 0.6 is 0 Å². The largest absolute Gasteiger partial charge is 0.384 e. The van der Waals surface area contributed by atoms with Crippen molar-refractivity contribution >= 4 is 0 Å². The molecule has 1 aromatic carbocycles. The van der Waals surface area contributed by atoms with E-state index in [1.54, 1.807) is 12.0 Å². The van der Waals surface area contributed by atoms with Gasteiger partial charge in [0.2, 0.25) is 0 Å². The Bertz CT molecular complexity index is 655. The van der Waals surface area contributed by atoms with Gasteiger partial charge in [-0.25, -0.2) is 0 Å². The second-order valence-electron chi connectivity index (χ2n) is 9.18. The second kappa shape index (κ2) is 6.43. The van der Waals surface area contributed by atoms with E-state index in [1.807, 2.05) is 30.3 Å². The third-order valence-corrected chi connectivity index (χ3v) is 7.65. The summed E-state index contributed by atoms with van der Waals surface area (Å²) in [7, 11) is 0. The number of aliphatic hydroxyl groups excluding tert-OH is 1. The highest BCUT2D eigenvalue weighted by atomic mass is 16.3. The molecular weight excluding hydrogens is 304 g/mol. The van der Waals surface area contributed by atoms with Crippen LogP contribution in [-0.4, -0.2) is 5.11 Å². The SMILES string of the molecule is OC(C1=CC=C(CC2C3CC4CC(C3)CC2C4)CC1)c1ccccc1. The Hall–Kier alpha value is -1.34. The Morgan fingerprint density at radius 1 is 0.840 bits per heavy atom. The first-order valence-corrected chi connectivity index (χ1v) is 10.4. The first-order chi connectivity index (χ1) is 12.3. The quantitative estimate of drug-likeness (QED) is 0.734. The van der Waals surface area contributed by atoms with E-state index in [4.69, 9.17) is 0 Å². The minimum absolute atomic E-state index is 0.430. The molecule has 0 saturated heterocycles. The molecule has 0 amide bonds. The summed E-state index contributed by atoms with van der Waals surface area (Å²) in [4.78, 5) is 0. The number of hydrogen-bond acceptors (Lipinski definition) is 1. The molecule has 1 nitrogen and oxygen atoms in total. The van der Waals surface area contributed by atoms with Gasteiger partial charge in [0.25, 0.3) is 0 Å². The molecule has 0 aliphatic heterocycles. The number of rotatable bonds is 4. The van der Waals surface area contributed by atoms with Gasteiger partial charge in [-0.15, -0.1) is 0 Å². The molecule has 6 rings (SSSR count). The van der Waals surface area contributed by atoms with Gasteiger partial charge in [-0.05, 0) is 92.1 Å². The summed E-state index contributed by atoms with van der Waals surface area (Å²) in [5.74, 6) is 5.17. The number of aliphatic hydroxyl groups is 1. The Morgan fingerprint density at radius 3 is 2.12 bits per heavy atom. The van der Waals surface area contributed by atoms with Crippen LogP contribution in [0.4, 0.5) is 0 Å². The van der Waals surface area contributed by atoms with Gasteiger partial charge in [0.1, 0.15) is 6.10 Å². The summed E-state index contributed by atoms with van der Waals surface area (Å²) >= 11 is 0. The van der Waals surface area contributed by atoms with E-state index < -0.39 is 6.10 Å². The van der Waals surface area contributed by atoms with Crippen molar-refractivity contribution in [2.45, 2.75) is 57.5 Å². The fourth-order valence-corrected chi connectivity index (χ4v) is 6.62. The van der Waals surface area contributed by atoms with Crippen molar-refractivity contribution in [1.29, 1.82) is 0 Å². The van der Waals surface area contributed by atoms with E-state index in [0.717, 1.165) is 48.0 Å². The predicted molar refractivity (Wildman–Crippen MR) is 102 cm³/mol. The number of allylic oxidation sites excluding steroid dienone is 3. The highest BCUT2D eigenvalue weighted by Gasteiger charge is 2.47. The summed E-state index contributed by atoms with van der Waals surface area (Å²) < 4.78 is 0. The van der Waals surface area contributed by atoms with Crippen LogP contribution in [0.1, 0.15) is 63.0 Å². The van der Waals surface area contributed by atoms with E-state index in [9.17, 15) is 5.11 Å². The molecule has 4 fully saturated rings. The van der Waals surface area contributed by atoms with Crippen molar-refractivity contribution in [3.8, 4) is 0 Å². The third kappa shape index (κ3) is 3.01. The molecule has 1 heteroatoms. The Labute approximate surface area is 151 Å². The summed E-state index contributed by atoms with van der Waals surface area (Å²) in [5.41, 5.74) is 3.84. The van der Waals surface area contributed by atoms with Gasteiger partial charge in [-0.2, -0.15) is 0 Å². The Kier molecular flexibility index (Phi) is 4.08. The lowest BCUT2D eigenvalue weighted by molar-refractivity contribution is -0.0362. The van der Waals surface area contributed by atoms with Crippen molar-refractivity contribution in [1.82, 2.24) is 0 Å². The molecule has 5 aliphatic rings. The zero-order valence-electron chi connectivity index (χ0n) is 15.1. The maximum absolute atomic E-state index is 10.6. The molecule has 4 saturated carbocycles. The first-order valence-electron chi connectivity index (χ1n) is 10.4. The lowest BCUT2D eigenvalue weighted by Crippen LogP contribution is -2.45. The molecule has 4 bridgehead atoms. The van der Waals surface area contributed by atoms with Crippen LogP contribution in [0, 0.1) is 29.6 Å². The van der Waals surface area contributed by atoms with Crippen molar-refractivity contribution in [3.63, 3.8) is 0 Å². The maximum Gasteiger partial charge on any atom is 0.100 e. The normalized spacial score (nSPS) is 37.6. The van der Waals surface area contributed by atoms with Crippen molar-refractivity contribution in [2.75, 3.05) is 0 Å². The molecule has 1 N–H and O–H groups in total. The smallest absolute Gasteiger partial charge is 0.100 e. The number of hydrogen-bond donors (Lipinski definition) is 1. The maximum atomic E-state index is 10.6. The minimum Gasteiger partial charge on any atom is -0.384 e. The standard InChI is InChI=1S/C24H30O/c25-24(19-4-2-1-3-5-19)20-8-6-16(7-9-20)15-23-21-11-17-10-18(13-21)14-22(23)12-17/h1-6,8,17-18,21-25H,7,9-15H2. The molecule has 0 spiro atoms. The average molecular weight is 335 g/mol. The lowest BCUT2D eigenvalue weighted by atomic mass is 9.51. The van der Waals surface area contributed by atoms with E-state index in [1.165, 1.54) is 37.7 Å². The molecule has 0 aromatic heterocycles. The molecule has 1 atom stereocenters. The molecule has 132 valence electrons. The highest BCUT2D eigenvalue weighted by molar-refractivity contribution is 5.32. The van der Waals surface area contributed by atoms with Crippen LogP contribution < -0.4 is 0 Å². The van der Waals surface area contributed by atoms with E-state index >= 15 is 0 Å². The predicted octanol–water partition coefficient (Wildman–Crippen LogP) is 5.83. The fourth-order valence-electron chi connectivity index (χ4n) is 6.62. The van der Waals surface area contributed by atoms with Crippen molar-refractivity contribution in [2.24, 2.45) is 29.6 Å². The topological polar surface area (TPSA) is 20.2 Å². The minimum atomic E-state index is -0.430. The van der Waals surface area contributed by atoms with Gasteiger partial charge in [-0.1, -0.05) is 48.1 Å². The first kappa shape index (κ1) is 15.9. The van der Waals surface area contributed by atoms with Gasteiger partial charge >= 0.3 is 0 Å². The van der Waals surface area contributed by atoms with Gasteiger partial charge in [0.15, 0.2) is 0 Å². The van der Waals surface area contributed by atoms with Gasteiger partial charge in [0.05, 0.1) is 0 Å². The van der Waals surface area contributed by atoms with Crippen LogP contribution in [0.5, 0.6) is 0 Å². The van der Waals surface area contributed by atoms with E-state index in [-0.39, 0.29) is 0 Å². The molecule has 1 aromatic rings. The molecule has 25 heavy (non-hydrogen) atoms. The zero-order valence-corrected chi connectivity index (χ0v) is 15.1. The molecular formula is C24H30O. The van der Waals surface area contributed by atoms with Crippen LogP contribution in [0.25, 0.3) is 0 Å². The summed E-state index contributed by atoms with van der Waals surface area (Å²) in [6.45, 7) is 0. The summed E-state index contributed by atoms with van der Waals surface area (Å²) in [6.07, 6.45) is 15.3. The Morgan fingerprint density at radius 2 is 1.52 bits per heavy atom. The van der Waals surface area contributed by atoms with E-state index in [2.05, 4.69) is 12.2 Å². The molecule has 1 unspecified atom stereocenters. The van der Waals surface area contributed by atoms with Crippen molar-refractivity contribution < 1.29 is 5.11 Å². The fraction of sp³-hybridized carbons (Fsp3) is 0.583.